The molecule has 0 unspecified atom stereocenters. The predicted octanol–water partition coefficient (Wildman–Crippen LogP) is -1.96. The number of hydrogen-bond acceptors (Lipinski definition) is 5. The average molecular weight is 384 g/mol. The summed E-state index contributed by atoms with van der Waals surface area (Å²) in [6.45, 7) is 6.47. The predicted molar refractivity (Wildman–Crippen MR) is 103 cm³/mol. The van der Waals surface area contributed by atoms with E-state index in [0.717, 1.165) is 38.4 Å². The minimum absolute atomic E-state index is 0.135. The molecule has 0 bridgehead atoms. The van der Waals surface area contributed by atoms with Crippen LogP contribution >= 0.6 is 0 Å². The van der Waals surface area contributed by atoms with E-state index in [0.29, 0.717) is 23.2 Å². The van der Waals surface area contributed by atoms with Crippen LogP contribution in [0.15, 0.2) is 29.2 Å². The van der Waals surface area contributed by atoms with E-state index in [1.54, 1.807) is 16.8 Å². The van der Waals surface area contributed by atoms with E-state index >= 15 is 0 Å². The number of pyridine rings is 2. The van der Waals surface area contributed by atoms with Gasteiger partial charge in [0.15, 0.2) is 0 Å². The lowest BCUT2D eigenvalue weighted by Gasteiger charge is -2.23. The standard InChI is InChI=1S/C19H22N6O3/c1-12-2-3-15-22-18-14(19(27)25(15)11-12)10-13(17(21)26)16(20)24(18)5-4-23-6-8-28-9-7-23/h2-3,10-11,20H,4-9H2,1H3,(H2,21,26)/p+2. The van der Waals surface area contributed by atoms with E-state index in [-0.39, 0.29) is 16.9 Å². The van der Waals surface area contributed by atoms with Gasteiger partial charge in [-0.05, 0) is 24.6 Å². The first-order chi connectivity index (χ1) is 13.5. The van der Waals surface area contributed by atoms with Gasteiger partial charge in [0.1, 0.15) is 37.1 Å². The molecule has 1 fully saturated rings. The molecule has 1 aliphatic heterocycles. The Morgan fingerprint density at radius 3 is 2.82 bits per heavy atom. The molecule has 0 aliphatic carbocycles. The summed E-state index contributed by atoms with van der Waals surface area (Å²) < 4.78 is 8.62. The van der Waals surface area contributed by atoms with E-state index in [4.69, 9.17) is 16.2 Å². The monoisotopic (exact) mass is 384 g/mol. The van der Waals surface area contributed by atoms with Crippen LogP contribution in [0.5, 0.6) is 0 Å². The molecule has 1 aliphatic rings. The van der Waals surface area contributed by atoms with Crippen molar-refractivity contribution in [1.29, 1.82) is 0 Å². The number of nitrogen functional groups attached to an aromatic ring is 1. The number of carbonyl (C=O) groups is 1. The van der Waals surface area contributed by atoms with Crippen molar-refractivity contribution in [2.75, 3.05) is 38.6 Å². The number of nitrogens with one attached hydrogen (secondary N) is 1. The number of hydrogen-bond donors (Lipinski definition) is 3. The van der Waals surface area contributed by atoms with Crippen LogP contribution in [-0.4, -0.2) is 48.1 Å². The van der Waals surface area contributed by atoms with Gasteiger partial charge in [0.25, 0.3) is 17.1 Å². The molecule has 1 saturated heterocycles. The van der Waals surface area contributed by atoms with Crippen LogP contribution in [0.1, 0.15) is 15.9 Å². The Morgan fingerprint density at radius 1 is 1.36 bits per heavy atom. The summed E-state index contributed by atoms with van der Waals surface area (Å²) in [6.07, 6.45) is 1.73. The molecule has 3 aromatic rings. The van der Waals surface area contributed by atoms with Crippen molar-refractivity contribution in [3.8, 4) is 0 Å². The number of aromatic nitrogens is 3. The Balaban J connectivity index is 1.90. The van der Waals surface area contributed by atoms with Crippen molar-refractivity contribution >= 4 is 28.4 Å². The van der Waals surface area contributed by atoms with Crippen molar-refractivity contribution in [3.05, 3.63) is 45.9 Å². The van der Waals surface area contributed by atoms with Crippen LogP contribution in [0.25, 0.3) is 16.7 Å². The zero-order valence-corrected chi connectivity index (χ0v) is 15.8. The SMILES string of the molecule is Cc1ccc2nc3c(cc(C(N)=O)c(N)[n+]3CC[NH+]3CCOCC3)c(=O)n2c1. The highest BCUT2D eigenvalue weighted by Gasteiger charge is 2.24. The van der Waals surface area contributed by atoms with Crippen LogP contribution in [0.3, 0.4) is 0 Å². The number of aryl methyl sites for hydroxylation is 1. The summed E-state index contributed by atoms with van der Waals surface area (Å²) in [5, 5.41) is 0.322. The maximum Gasteiger partial charge on any atom is 0.278 e. The van der Waals surface area contributed by atoms with Crippen molar-refractivity contribution in [2.45, 2.75) is 13.5 Å². The van der Waals surface area contributed by atoms with Crippen molar-refractivity contribution in [2.24, 2.45) is 5.73 Å². The van der Waals surface area contributed by atoms with E-state index in [1.165, 1.54) is 15.4 Å². The number of anilines is 1. The zero-order chi connectivity index (χ0) is 19.8. The summed E-state index contributed by atoms with van der Waals surface area (Å²) in [5.41, 5.74) is 13.6. The van der Waals surface area contributed by atoms with E-state index in [2.05, 4.69) is 4.98 Å². The Kier molecular flexibility index (Phi) is 4.70. The van der Waals surface area contributed by atoms with E-state index in [9.17, 15) is 9.59 Å². The number of nitrogens with zero attached hydrogens (tertiary/aromatic N) is 3. The number of quaternary nitrogens is 1. The number of fused-ring (bicyclic) bond motifs is 2. The highest BCUT2D eigenvalue weighted by atomic mass is 16.5. The largest absolute Gasteiger partial charge is 0.370 e. The Labute approximate surface area is 161 Å². The molecule has 28 heavy (non-hydrogen) atoms. The Hall–Kier alpha value is -3.04. The summed E-state index contributed by atoms with van der Waals surface area (Å²) in [4.78, 5) is 31.1. The number of rotatable bonds is 4. The fourth-order valence-electron chi connectivity index (χ4n) is 3.66. The summed E-state index contributed by atoms with van der Waals surface area (Å²) in [5.74, 6) is -0.434. The van der Waals surface area contributed by atoms with Crippen LogP contribution in [0.4, 0.5) is 5.82 Å². The van der Waals surface area contributed by atoms with Gasteiger partial charge in [-0.1, -0.05) is 11.1 Å². The smallest absolute Gasteiger partial charge is 0.278 e. The van der Waals surface area contributed by atoms with Gasteiger partial charge in [-0.3, -0.25) is 14.0 Å². The van der Waals surface area contributed by atoms with Crippen LogP contribution in [0.2, 0.25) is 0 Å². The molecule has 5 N–H and O–H groups in total. The molecule has 9 nitrogen and oxygen atoms in total. The molecular weight excluding hydrogens is 360 g/mol. The number of amides is 1. The van der Waals surface area contributed by atoms with Gasteiger partial charge in [-0.2, -0.15) is 0 Å². The number of ether oxygens (including phenoxy) is 1. The molecule has 9 heteroatoms. The maximum absolute atomic E-state index is 13.1. The second-order valence-electron chi connectivity index (χ2n) is 7.16. The molecular formula is C19H24N6O3+2. The summed E-state index contributed by atoms with van der Waals surface area (Å²) in [7, 11) is 0. The van der Waals surface area contributed by atoms with Gasteiger partial charge < -0.3 is 21.1 Å². The molecule has 0 spiro atoms. The van der Waals surface area contributed by atoms with Crippen LogP contribution in [-0.2, 0) is 11.3 Å². The van der Waals surface area contributed by atoms with Crippen molar-refractivity contribution < 1.29 is 19.0 Å². The molecule has 4 rings (SSSR count). The molecule has 1 amide bonds. The maximum atomic E-state index is 13.1. The van der Waals surface area contributed by atoms with Crippen molar-refractivity contribution in [1.82, 2.24) is 9.38 Å². The molecule has 0 aromatic carbocycles. The fraction of sp³-hybridized carbons (Fsp3) is 0.368. The number of morpholine rings is 1. The van der Waals surface area contributed by atoms with E-state index < -0.39 is 5.91 Å². The van der Waals surface area contributed by atoms with E-state index in [1.807, 2.05) is 13.0 Å². The van der Waals surface area contributed by atoms with Crippen LogP contribution < -0.4 is 26.5 Å². The normalized spacial score (nSPS) is 15.3. The topological polar surface area (TPSA) is 121 Å². The second kappa shape index (κ2) is 7.17. The van der Waals surface area contributed by atoms with Gasteiger partial charge in [-0.25, -0.2) is 4.57 Å². The summed E-state index contributed by atoms with van der Waals surface area (Å²) >= 11 is 0. The molecule has 4 heterocycles. The molecule has 3 aromatic heterocycles. The molecule has 0 saturated carbocycles. The average Bonchev–Trinajstić information content (AvgIpc) is 2.68. The number of primary amides is 1. The van der Waals surface area contributed by atoms with Gasteiger partial charge in [-0.15, -0.1) is 0 Å². The van der Waals surface area contributed by atoms with Crippen molar-refractivity contribution in [3.63, 3.8) is 0 Å². The van der Waals surface area contributed by atoms with Gasteiger partial charge in [0, 0.05) is 6.20 Å². The highest BCUT2D eigenvalue weighted by molar-refractivity contribution is 5.99. The fourth-order valence-corrected chi connectivity index (χ4v) is 3.66. The first kappa shape index (κ1) is 18.3. The third-order valence-electron chi connectivity index (χ3n) is 5.25. The summed E-state index contributed by atoms with van der Waals surface area (Å²) in [6, 6.07) is 5.15. The van der Waals surface area contributed by atoms with Crippen LogP contribution in [0, 0.1) is 6.92 Å². The first-order valence-corrected chi connectivity index (χ1v) is 9.32. The minimum Gasteiger partial charge on any atom is -0.370 e. The van der Waals surface area contributed by atoms with Gasteiger partial charge in [0.05, 0.1) is 13.2 Å². The minimum atomic E-state index is -0.666. The molecule has 146 valence electrons. The Morgan fingerprint density at radius 2 is 2.11 bits per heavy atom. The number of carbonyl (C=O) groups excluding carboxylic acids is 1. The van der Waals surface area contributed by atoms with Gasteiger partial charge >= 0.3 is 0 Å². The lowest BCUT2D eigenvalue weighted by atomic mass is 10.2. The zero-order valence-electron chi connectivity index (χ0n) is 15.8. The molecule has 0 atom stereocenters. The highest BCUT2D eigenvalue weighted by Crippen LogP contribution is 2.14. The third-order valence-corrected chi connectivity index (χ3v) is 5.25. The number of nitrogens with two attached hydrogens (primary N) is 2. The lowest BCUT2D eigenvalue weighted by Crippen LogP contribution is -3.14. The first-order valence-electron chi connectivity index (χ1n) is 9.32. The molecule has 0 radical (unpaired) electrons. The Bertz CT molecular complexity index is 1130. The van der Waals surface area contributed by atoms with Gasteiger partial charge in [0.2, 0.25) is 11.5 Å². The lowest BCUT2D eigenvalue weighted by molar-refractivity contribution is -0.923. The third kappa shape index (κ3) is 3.19. The second-order valence-corrected chi connectivity index (χ2v) is 7.16. The quantitative estimate of drug-likeness (QED) is 0.356.